The van der Waals surface area contributed by atoms with Crippen LogP contribution in [0.2, 0.25) is 0 Å². The molecule has 4 rings (SSSR count). The van der Waals surface area contributed by atoms with Gasteiger partial charge in [0.1, 0.15) is 0 Å². The zero-order valence-corrected chi connectivity index (χ0v) is 19.6. The van der Waals surface area contributed by atoms with Gasteiger partial charge in [0.05, 0.1) is 0 Å². The molecule has 2 atom stereocenters. The molecule has 0 spiro atoms. The first-order chi connectivity index (χ1) is 15.3. The largest absolute Gasteiger partial charge is 0.343 e. The summed E-state index contributed by atoms with van der Waals surface area (Å²) < 4.78 is 30.1. The minimum Gasteiger partial charge on any atom is -0.343 e. The van der Waals surface area contributed by atoms with E-state index in [-0.39, 0.29) is 24.8 Å². The highest BCUT2D eigenvalue weighted by molar-refractivity contribution is 5.76. The third kappa shape index (κ3) is 5.30. The van der Waals surface area contributed by atoms with Gasteiger partial charge < -0.3 is 4.90 Å². The standard InChI is InChI=1S/C25H38F2N4O/c1-19(2)29-14-16-30(17-15-29)23-7-5-10-25(26,27)21(23)18-24(32)31-12-8-20(9-13-31)22-6-3-4-11-28-22/h3-4,6,11,19-21,23H,5,7-10,12-18H2,1-2H3/t21?,23-/m0/s1. The number of nitrogens with zero attached hydrogens (tertiary/aromatic N) is 4. The van der Waals surface area contributed by atoms with E-state index in [0.29, 0.717) is 31.5 Å². The first kappa shape index (κ1) is 23.6. The average Bonchev–Trinajstić information content (AvgIpc) is 2.81. The molecule has 3 aliphatic rings. The first-order valence-electron chi connectivity index (χ1n) is 12.4. The van der Waals surface area contributed by atoms with Crippen LogP contribution < -0.4 is 0 Å². The summed E-state index contributed by atoms with van der Waals surface area (Å²) in [5, 5.41) is 0. The number of rotatable bonds is 5. The lowest BCUT2D eigenvalue weighted by molar-refractivity contribution is -0.150. The van der Waals surface area contributed by atoms with Crippen molar-refractivity contribution in [3.63, 3.8) is 0 Å². The first-order valence-corrected chi connectivity index (χ1v) is 12.4. The fourth-order valence-corrected chi connectivity index (χ4v) is 5.88. The van der Waals surface area contributed by atoms with Crippen molar-refractivity contribution < 1.29 is 13.6 Å². The number of likely N-dealkylation sites (tertiary alicyclic amines) is 1. The van der Waals surface area contributed by atoms with Crippen LogP contribution in [0, 0.1) is 5.92 Å². The van der Waals surface area contributed by atoms with Gasteiger partial charge in [-0.3, -0.25) is 19.6 Å². The number of carbonyl (C=O) groups excluding carboxylic acids is 1. The molecule has 2 aliphatic heterocycles. The number of piperazine rings is 1. The second kappa shape index (κ2) is 10.1. The maximum Gasteiger partial charge on any atom is 0.252 e. The second-order valence-electron chi connectivity index (χ2n) is 10.1. The van der Waals surface area contributed by atoms with E-state index in [1.54, 1.807) is 6.20 Å². The summed E-state index contributed by atoms with van der Waals surface area (Å²) in [6, 6.07) is 6.23. The molecule has 0 radical (unpaired) electrons. The van der Waals surface area contributed by atoms with E-state index in [1.807, 2.05) is 23.1 Å². The zero-order chi connectivity index (χ0) is 22.7. The molecule has 0 bridgehead atoms. The predicted octanol–water partition coefficient (Wildman–Crippen LogP) is 4.01. The van der Waals surface area contributed by atoms with Crippen LogP contribution in [-0.4, -0.2) is 82.9 Å². The van der Waals surface area contributed by atoms with E-state index in [9.17, 15) is 4.79 Å². The van der Waals surface area contributed by atoms with E-state index < -0.39 is 11.8 Å². The van der Waals surface area contributed by atoms with Gasteiger partial charge in [0.15, 0.2) is 0 Å². The Labute approximate surface area is 191 Å². The number of hydrogen-bond donors (Lipinski definition) is 0. The number of carbonyl (C=O) groups is 1. The number of hydrogen-bond acceptors (Lipinski definition) is 4. The Morgan fingerprint density at radius 3 is 2.44 bits per heavy atom. The Hall–Kier alpha value is -1.60. The highest BCUT2D eigenvalue weighted by Crippen LogP contribution is 2.43. The van der Waals surface area contributed by atoms with Crippen LogP contribution in [0.1, 0.15) is 64.0 Å². The summed E-state index contributed by atoms with van der Waals surface area (Å²) in [5.74, 6) is -3.38. The SMILES string of the molecule is CC(C)N1CCN([C@H]2CCCC(F)(F)C2CC(=O)N2CCC(c3ccccn3)CC2)CC1. The van der Waals surface area contributed by atoms with E-state index in [2.05, 4.69) is 28.6 Å². The number of piperidine rings is 1. The molecule has 1 amide bonds. The van der Waals surface area contributed by atoms with Gasteiger partial charge in [-0.25, -0.2) is 8.78 Å². The smallest absolute Gasteiger partial charge is 0.252 e. The molecule has 7 heteroatoms. The van der Waals surface area contributed by atoms with Crippen molar-refractivity contribution >= 4 is 5.91 Å². The number of halogens is 2. The van der Waals surface area contributed by atoms with Crippen LogP contribution in [0.3, 0.4) is 0 Å². The van der Waals surface area contributed by atoms with Crippen LogP contribution in [0.25, 0.3) is 0 Å². The van der Waals surface area contributed by atoms with Crippen molar-refractivity contribution in [2.45, 2.75) is 76.3 Å². The Morgan fingerprint density at radius 1 is 1.09 bits per heavy atom. The highest BCUT2D eigenvalue weighted by atomic mass is 19.3. The van der Waals surface area contributed by atoms with E-state index in [1.165, 1.54) is 0 Å². The molecule has 2 saturated heterocycles. The quantitative estimate of drug-likeness (QED) is 0.683. The molecule has 0 aromatic carbocycles. The van der Waals surface area contributed by atoms with Crippen LogP contribution in [-0.2, 0) is 4.79 Å². The van der Waals surface area contributed by atoms with Gasteiger partial charge >= 0.3 is 0 Å². The molecule has 3 fully saturated rings. The maximum absolute atomic E-state index is 15.1. The number of alkyl halides is 2. The number of amides is 1. The van der Waals surface area contributed by atoms with E-state index >= 15 is 8.78 Å². The topological polar surface area (TPSA) is 39.7 Å². The van der Waals surface area contributed by atoms with Crippen LogP contribution in [0.4, 0.5) is 8.78 Å². The molecular formula is C25H38F2N4O. The Bertz CT molecular complexity index is 744. The van der Waals surface area contributed by atoms with Crippen molar-refractivity contribution in [2.24, 2.45) is 5.92 Å². The minimum atomic E-state index is -2.76. The van der Waals surface area contributed by atoms with Gasteiger partial charge in [-0.2, -0.15) is 0 Å². The molecule has 1 aromatic heterocycles. The van der Waals surface area contributed by atoms with Gasteiger partial charge in [-0.15, -0.1) is 0 Å². The minimum absolute atomic E-state index is 0.0314. The van der Waals surface area contributed by atoms with Gasteiger partial charge in [-0.05, 0) is 51.7 Å². The third-order valence-corrected chi connectivity index (χ3v) is 7.91. The van der Waals surface area contributed by atoms with Crippen molar-refractivity contribution in [3.05, 3.63) is 30.1 Å². The Kier molecular flexibility index (Phi) is 7.45. The van der Waals surface area contributed by atoms with Crippen LogP contribution >= 0.6 is 0 Å². The summed E-state index contributed by atoms with van der Waals surface area (Å²) in [7, 11) is 0. The molecule has 0 N–H and O–H groups in total. The van der Waals surface area contributed by atoms with Gasteiger partial charge in [0, 0.05) is 87.9 Å². The Morgan fingerprint density at radius 2 is 1.81 bits per heavy atom. The van der Waals surface area contributed by atoms with E-state index in [4.69, 9.17) is 0 Å². The lowest BCUT2D eigenvalue weighted by Crippen LogP contribution is -2.58. The molecule has 1 aliphatic carbocycles. The fraction of sp³-hybridized carbons (Fsp3) is 0.760. The normalized spacial score (nSPS) is 28.2. The molecular weight excluding hydrogens is 410 g/mol. The van der Waals surface area contributed by atoms with Crippen molar-refractivity contribution in [3.8, 4) is 0 Å². The Balaban J connectivity index is 1.36. The maximum atomic E-state index is 15.1. The molecule has 1 saturated carbocycles. The molecule has 1 aromatic rings. The lowest BCUT2D eigenvalue weighted by atomic mass is 9.77. The third-order valence-electron chi connectivity index (χ3n) is 7.91. The molecule has 5 nitrogen and oxygen atoms in total. The van der Waals surface area contributed by atoms with Gasteiger partial charge in [0.25, 0.3) is 5.92 Å². The lowest BCUT2D eigenvalue weighted by Gasteiger charge is -2.47. The predicted molar refractivity (Wildman–Crippen MR) is 122 cm³/mol. The van der Waals surface area contributed by atoms with Crippen molar-refractivity contribution in [1.82, 2.24) is 19.7 Å². The summed E-state index contributed by atoms with van der Waals surface area (Å²) in [6.07, 6.45) is 4.71. The summed E-state index contributed by atoms with van der Waals surface area (Å²) in [6.45, 7) is 9.11. The fourth-order valence-electron chi connectivity index (χ4n) is 5.88. The number of aromatic nitrogens is 1. The molecule has 32 heavy (non-hydrogen) atoms. The average molecular weight is 449 g/mol. The summed E-state index contributed by atoms with van der Waals surface area (Å²) >= 11 is 0. The molecule has 3 heterocycles. The van der Waals surface area contributed by atoms with Gasteiger partial charge in [0.2, 0.25) is 5.91 Å². The van der Waals surface area contributed by atoms with Crippen molar-refractivity contribution in [2.75, 3.05) is 39.3 Å². The highest BCUT2D eigenvalue weighted by Gasteiger charge is 2.50. The van der Waals surface area contributed by atoms with Crippen LogP contribution in [0.5, 0.6) is 0 Å². The van der Waals surface area contributed by atoms with Gasteiger partial charge in [-0.1, -0.05) is 6.07 Å². The number of pyridine rings is 1. The zero-order valence-electron chi connectivity index (χ0n) is 19.6. The van der Waals surface area contributed by atoms with E-state index in [0.717, 1.165) is 51.1 Å². The monoisotopic (exact) mass is 448 g/mol. The second-order valence-corrected chi connectivity index (χ2v) is 10.1. The van der Waals surface area contributed by atoms with Crippen molar-refractivity contribution in [1.29, 1.82) is 0 Å². The molecule has 178 valence electrons. The van der Waals surface area contributed by atoms with Crippen LogP contribution in [0.15, 0.2) is 24.4 Å². The molecule has 1 unspecified atom stereocenters. The summed E-state index contributed by atoms with van der Waals surface area (Å²) in [5.41, 5.74) is 1.07. The summed E-state index contributed by atoms with van der Waals surface area (Å²) in [4.78, 5) is 24.0.